The Kier molecular flexibility index (Phi) is 7.99. The van der Waals surface area contributed by atoms with Gasteiger partial charge < -0.3 is 10.6 Å². The quantitative estimate of drug-likeness (QED) is 0.256. The Balaban J connectivity index is 1.36. The van der Waals surface area contributed by atoms with Crippen molar-refractivity contribution in [3.05, 3.63) is 127 Å². The summed E-state index contributed by atoms with van der Waals surface area (Å²) in [5.74, 6) is -0.663. The van der Waals surface area contributed by atoms with Crippen LogP contribution < -0.4 is 10.6 Å². The summed E-state index contributed by atoms with van der Waals surface area (Å²) in [6.07, 6.45) is 0.683. The first-order chi connectivity index (χ1) is 16.8. The number of hydrogen-bond acceptors (Lipinski definition) is 2. The molecule has 0 saturated heterocycles. The lowest BCUT2D eigenvalue weighted by molar-refractivity contribution is 0.101. The van der Waals surface area contributed by atoms with Crippen molar-refractivity contribution in [3.8, 4) is 0 Å². The smallest absolute Gasteiger partial charge is 0.257 e. The third kappa shape index (κ3) is 6.56. The first kappa shape index (κ1) is 25.1. The first-order valence-corrected chi connectivity index (χ1v) is 12.0. The Labute approximate surface area is 222 Å². The van der Waals surface area contributed by atoms with Gasteiger partial charge >= 0.3 is 0 Å². The summed E-state index contributed by atoms with van der Waals surface area (Å²) in [5.41, 5.74) is 4.04. The Hall–Kier alpha value is -3.02. The SMILES string of the molecule is O=C(Nc1ccc(Cc2ccc(NC(=O)c3cc(Cl)ccc3Cl)cc2)cc1)c1cc(Cl)ccc1Cl. The fourth-order valence-corrected chi connectivity index (χ4v) is 4.14. The van der Waals surface area contributed by atoms with Crippen molar-refractivity contribution >= 4 is 69.6 Å². The van der Waals surface area contributed by atoms with Crippen molar-refractivity contribution < 1.29 is 9.59 Å². The van der Waals surface area contributed by atoms with E-state index in [1.54, 1.807) is 24.3 Å². The highest BCUT2D eigenvalue weighted by Gasteiger charge is 2.13. The number of amides is 2. The molecule has 2 N–H and O–H groups in total. The van der Waals surface area contributed by atoms with Crippen LogP contribution in [0.15, 0.2) is 84.9 Å². The van der Waals surface area contributed by atoms with Crippen LogP contribution in [0.2, 0.25) is 20.1 Å². The van der Waals surface area contributed by atoms with Gasteiger partial charge in [0.25, 0.3) is 11.8 Å². The van der Waals surface area contributed by atoms with Crippen LogP contribution in [0, 0.1) is 0 Å². The minimum Gasteiger partial charge on any atom is -0.322 e. The highest BCUT2D eigenvalue weighted by atomic mass is 35.5. The van der Waals surface area contributed by atoms with Gasteiger partial charge in [-0.15, -0.1) is 0 Å². The fourth-order valence-electron chi connectivity index (χ4n) is 3.39. The van der Waals surface area contributed by atoms with Crippen LogP contribution in [0.25, 0.3) is 0 Å². The molecule has 0 unspecified atom stereocenters. The van der Waals surface area contributed by atoms with E-state index in [-0.39, 0.29) is 11.8 Å². The summed E-state index contributed by atoms with van der Waals surface area (Å²) in [5, 5.41) is 7.19. The zero-order chi connectivity index (χ0) is 24.9. The lowest BCUT2D eigenvalue weighted by Gasteiger charge is -2.10. The molecule has 0 aromatic heterocycles. The molecule has 2 amide bonds. The largest absolute Gasteiger partial charge is 0.322 e. The fraction of sp³-hybridized carbons (Fsp3) is 0.0370. The molecule has 0 heterocycles. The third-order valence-electron chi connectivity index (χ3n) is 5.18. The number of halogens is 4. The second-order valence-corrected chi connectivity index (χ2v) is 9.41. The lowest BCUT2D eigenvalue weighted by atomic mass is 10.0. The van der Waals surface area contributed by atoms with Gasteiger partial charge in [0.2, 0.25) is 0 Å². The highest BCUT2D eigenvalue weighted by molar-refractivity contribution is 6.37. The van der Waals surface area contributed by atoms with Crippen molar-refractivity contribution in [2.75, 3.05) is 10.6 Å². The molecule has 4 nitrogen and oxygen atoms in total. The van der Waals surface area contributed by atoms with Gasteiger partial charge in [-0.25, -0.2) is 0 Å². The number of hydrogen-bond donors (Lipinski definition) is 2. The molecule has 0 radical (unpaired) electrons. The molecule has 0 fully saturated rings. The zero-order valence-corrected chi connectivity index (χ0v) is 21.1. The standard InChI is InChI=1S/C27H18Cl4N2O2/c28-18-5-11-24(30)22(14-18)26(34)32-20-7-1-16(2-8-20)13-17-3-9-21(10-4-17)33-27(35)23-15-19(29)6-12-25(23)31/h1-12,14-15H,13H2,(H,32,34)(H,33,35). The minimum absolute atomic E-state index is 0.313. The molecule has 4 aromatic carbocycles. The topological polar surface area (TPSA) is 58.2 Å². The van der Waals surface area contributed by atoms with E-state index in [0.717, 1.165) is 11.1 Å². The second-order valence-electron chi connectivity index (χ2n) is 7.73. The summed E-state index contributed by atoms with van der Waals surface area (Å²) in [6.45, 7) is 0. The van der Waals surface area contributed by atoms with Crippen molar-refractivity contribution in [2.24, 2.45) is 0 Å². The molecule has 0 bridgehead atoms. The van der Waals surface area contributed by atoms with Gasteiger partial charge in [0.05, 0.1) is 21.2 Å². The number of anilines is 2. The predicted molar refractivity (Wildman–Crippen MR) is 145 cm³/mol. The predicted octanol–water partition coefficient (Wildman–Crippen LogP) is 8.40. The van der Waals surface area contributed by atoms with Crippen LogP contribution in [-0.4, -0.2) is 11.8 Å². The van der Waals surface area contributed by atoms with E-state index in [9.17, 15) is 9.59 Å². The molecule has 0 aliphatic rings. The molecule has 4 aromatic rings. The van der Waals surface area contributed by atoms with E-state index in [4.69, 9.17) is 46.4 Å². The van der Waals surface area contributed by atoms with Crippen molar-refractivity contribution in [1.29, 1.82) is 0 Å². The monoisotopic (exact) mass is 542 g/mol. The average molecular weight is 544 g/mol. The van der Waals surface area contributed by atoms with Gasteiger partial charge in [-0.3, -0.25) is 9.59 Å². The highest BCUT2D eigenvalue weighted by Crippen LogP contribution is 2.24. The van der Waals surface area contributed by atoms with Gasteiger partial charge in [0.1, 0.15) is 0 Å². The summed E-state index contributed by atoms with van der Waals surface area (Å²) < 4.78 is 0. The molecule has 0 atom stereocenters. The van der Waals surface area contributed by atoms with Gasteiger partial charge in [-0.05, 0) is 78.2 Å². The summed E-state index contributed by atoms with van der Waals surface area (Å²) in [4.78, 5) is 25.0. The Morgan fingerprint density at radius 2 is 0.914 bits per heavy atom. The van der Waals surface area contributed by atoms with Gasteiger partial charge in [0, 0.05) is 21.4 Å². The number of rotatable bonds is 6. The van der Waals surface area contributed by atoms with E-state index in [1.807, 2.05) is 48.5 Å². The molecule has 176 valence electrons. The number of benzene rings is 4. The molecule has 8 heteroatoms. The van der Waals surface area contributed by atoms with Crippen molar-refractivity contribution in [2.45, 2.75) is 6.42 Å². The first-order valence-electron chi connectivity index (χ1n) is 10.5. The molecule has 0 aliphatic heterocycles. The normalized spacial score (nSPS) is 10.6. The Bertz CT molecular complexity index is 1280. The number of nitrogens with one attached hydrogen (secondary N) is 2. The van der Waals surface area contributed by atoms with Crippen LogP contribution in [-0.2, 0) is 6.42 Å². The van der Waals surface area contributed by atoms with Crippen LogP contribution in [0.5, 0.6) is 0 Å². The Morgan fingerprint density at radius 3 is 1.29 bits per heavy atom. The summed E-state index contributed by atoms with van der Waals surface area (Å²) in [6, 6.07) is 24.6. The number of carbonyl (C=O) groups is 2. The van der Waals surface area contributed by atoms with E-state index in [1.165, 1.54) is 12.1 Å². The number of carbonyl (C=O) groups excluding carboxylic acids is 2. The third-order valence-corrected chi connectivity index (χ3v) is 6.31. The summed E-state index contributed by atoms with van der Waals surface area (Å²) >= 11 is 24.1. The molecule has 0 spiro atoms. The maximum atomic E-state index is 12.5. The maximum Gasteiger partial charge on any atom is 0.257 e. The molecule has 35 heavy (non-hydrogen) atoms. The minimum atomic E-state index is -0.332. The molecule has 0 aliphatic carbocycles. The van der Waals surface area contributed by atoms with E-state index < -0.39 is 0 Å². The summed E-state index contributed by atoms with van der Waals surface area (Å²) in [7, 11) is 0. The molecule has 4 rings (SSSR count). The molecular weight excluding hydrogens is 526 g/mol. The van der Waals surface area contributed by atoms with Gasteiger partial charge in [0.15, 0.2) is 0 Å². The maximum absolute atomic E-state index is 12.5. The van der Waals surface area contributed by atoms with Crippen LogP contribution >= 0.6 is 46.4 Å². The average Bonchev–Trinajstić information content (AvgIpc) is 2.84. The molecular formula is C27H18Cl4N2O2. The van der Waals surface area contributed by atoms with Gasteiger partial charge in [-0.1, -0.05) is 70.7 Å². The Morgan fingerprint density at radius 1 is 0.543 bits per heavy atom. The second kappa shape index (κ2) is 11.1. The molecule has 0 saturated carbocycles. The van der Waals surface area contributed by atoms with E-state index >= 15 is 0 Å². The van der Waals surface area contributed by atoms with Gasteiger partial charge in [-0.2, -0.15) is 0 Å². The van der Waals surface area contributed by atoms with Crippen molar-refractivity contribution in [3.63, 3.8) is 0 Å². The van der Waals surface area contributed by atoms with E-state index in [0.29, 0.717) is 49.0 Å². The van der Waals surface area contributed by atoms with Crippen LogP contribution in [0.3, 0.4) is 0 Å². The van der Waals surface area contributed by atoms with Crippen LogP contribution in [0.4, 0.5) is 11.4 Å². The lowest BCUT2D eigenvalue weighted by Crippen LogP contribution is -2.12. The van der Waals surface area contributed by atoms with E-state index in [2.05, 4.69) is 10.6 Å². The zero-order valence-electron chi connectivity index (χ0n) is 18.1. The van der Waals surface area contributed by atoms with Crippen molar-refractivity contribution in [1.82, 2.24) is 0 Å². The van der Waals surface area contributed by atoms with Crippen LogP contribution in [0.1, 0.15) is 31.8 Å².